The number of nitrogens with zero attached hydrogens (tertiary/aromatic N) is 1. The van der Waals surface area contributed by atoms with E-state index in [-0.39, 0.29) is 17.5 Å². The van der Waals surface area contributed by atoms with E-state index in [1.807, 2.05) is 0 Å². The molecule has 1 unspecified atom stereocenters. The molecule has 0 fully saturated rings. The largest absolute Gasteiger partial charge is 0.350 e. The van der Waals surface area contributed by atoms with E-state index in [2.05, 4.69) is 41.4 Å². The maximum atomic E-state index is 13.6. The molecule has 1 N–H and O–H groups in total. The first kappa shape index (κ1) is 15.7. The van der Waals surface area contributed by atoms with Gasteiger partial charge in [-0.25, -0.2) is 4.39 Å². The van der Waals surface area contributed by atoms with Crippen LogP contribution in [0.25, 0.3) is 0 Å². The Morgan fingerprint density at radius 3 is 2.65 bits per heavy atom. The van der Waals surface area contributed by atoms with Crippen LogP contribution in [0.5, 0.6) is 0 Å². The van der Waals surface area contributed by atoms with E-state index in [0.717, 1.165) is 19.5 Å². The van der Waals surface area contributed by atoms with Crippen LogP contribution >= 0.6 is 0 Å². The Balaban J connectivity index is 1.57. The number of benzene rings is 2. The minimum Gasteiger partial charge on any atom is -0.350 e. The molecule has 3 rings (SSSR count). The number of hydrogen-bond donors (Lipinski definition) is 1. The molecule has 0 radical (unpaired) electrons. The molecule has 23 heavy (non-hydrogen) atoms. The Morgan fingerprint density at radius 2 is 1.87 bits per heavy atom. The molecule has 0 saturated heterocycles. The summed E-state index contributed by atoms with van der Waals surface area (Å²) in [4.78, 5) is 14.4. The highest BCUT2D eigenvalue weighted by atomic mass is 19.1. The van der Waals surface area contributed by atoms with E-state index in [0.29, 0.717) is 6.54 Å². The van der Waals surface area contributed by atoms with Gasteiger partial charge in [-0.1, -0.05) is 36.4 Å². The van der Waals surface area contributed by atoms with Crippen LogP contribution in [0.3, 0.4) is 0 Å². The lowest BCUT2D eigenvalue weighted by molar-refractivity contribution is 0.0928. The van der Waals surface area contributed by atoms with Crippen LogP contribution in [0, 0.1) is 5.82 Å². The molecule has 0 saturated carbocycles. The molecule has 2 aromatic carbocycles. The minimum atomic E-state index is -0.482. The Morgan fingerprint density at radius 1 is 1.17 bits per heavy atom. The summed E-state index contributed by atoms with van der Waals surface area (Å²) in [7, 11) is 0. The number of rotatable bonds is 4. The zero-order chi connectivity index (χ0) is 16.2. The van der Waals surface area contributed by atoms with Gasteiger partial charge in [-0.3, -0.25) is 9.69 Å². The summed E-state index contributed by atoms with van der Waals surface area (Å²) >= 11 is 0. The quantitative estimate of drug-likeness (QED) is 0.941. The molecule has 0 bridgehead atoms. The molecular formula is C19H21FN2O. The third kappa shape index (κ3) is 3.59. The van der Waals surface area contributed by atoms with Gasteiger partial charge in [0.15, 0.2) is 0 Å². The fraction of sp³-hybridized carbons (Fsp3) is 0.316. The fourth-order valence-electron chi connectivity index (χ4n) is 3.00. The van der Waals surface area contributed by atoms with Crippen molar-refractivity contribution >= 4 is 5.91 Å². The van der Waals surface area contributed by atoms with Crippen molar-refractivity contribution in [1.82, 2.24) is 10.2 Å². The van der Waals surface area contributed by atoms with Crippen LogP contribution in [-0.4, -0.2) is 29.9 Å². The minimum absolute atomic E-state index is 0.101. The van der Waals surface area contributed by atoms with Gasteiger partial charge in [0.1, 0.15) is 5.82 Å². The normalized spacial score (nSPS) is 15.7. The topological polar surface area (TPSA) is 32.3 Å². The molecule has 1 aliphatic heterocycles. The summed E-state index contributed by atoms with van der Waals surface area (Å²) in [5.74, 6) is -0.836. The van der Waals surface area contributed by atoms with E-state index in [9.17, 15) is 9.18 Å². The lowest BCUT2D eigenvalue weighted by Crippen LogP contribution is -2.44. The molecule has 1 atom stereocenters. The first-order valence-corrected chi connectivity index (χ1v) is 7.98. The number of nitrogens with one attached hydrogen (secondary N) is 1. The third-order valence-corrected chi connectivity index (χ3v) is 4.46. The number of carbonyl (C=O) groups excluding carboxylic acids is 1. The molecule has 3 nitrogen and oxygen atoms in total. The second-order valence-corrected chi connectivity index (χ2v) is 6.03. The van der Waals surface area contributed by atoms with Crippen LogP contribution < -0.4 is 5.32 Å². The average molecular weight is 312 g/mol. The lowest BCUT2D eigenvalue weighted by atomic mass is 9.99. The molecule has 120 valence electrons. The molecule has 0 aliphatic carbocycles. The van der Waals surface area contributed by atoms with Crippen LogP contribution in [0.2, 0.25) is 0 Å². The molecule has 1 amide bonds. The van der Waals surface area contributed by atoms with Crippen molar-refractivity contribution in [2.24, 2.45) is 0 Å². The van der Waals surface area contributed by atoms with Gasteiger partial charge < -0.3 is 5.32 Å². The summed E-state index contributed by atoms with van der Waals surface area (Å²) in [5, 5.41) is 2.84. The van der Waals surface area contributed by atoms with Gasteiger partial charge >= 0.3 is 0 Å². The fourth-order valence-corrected chi connectivity index (χ4v) is 3.00. The molecule has 1 aliphatic rings. The summed E-state index contributed by atoms with van der Waals surface area (Å²) in [6.45, 7) is 4.48. The van der Waals surface area contributed by atoms with Crippen molar-refractivity contribution in [2.75, 3.05) is 13.1 Å². The highest BCUT2D eigenvalue weighted by molar-refractivity contribution is 5.94. The second-order valence-electron chi connectivity index (χ2n) is 6.03. The van der Waals surface area contributed by atoms with E-state index in [1.54, 1.807) is 12.1 Å². The number of carbonyl (C=O) groups is 1. The smallest absolute Gasteiger partial charge is 0.254 e. The highest BCUT2D eigenvalue weighted by Gasteiger charge is 2.21. The summed E-state index contributed by atoms with van der Waals surface area (Å²) in [5.41, 5.74) is 2.86. The number of hydrogen-bond acceptors (Lipinski definition) is 2. The standard InChI is InChI=1S/C19H21FN2O/c1-14(12-21-19(23)17-8-4-5-9-18(17)20)22-11-10-15-6-2-3-7-16(15)13-22/h2-9,14H,10-13H2,1H3,(H,21,23). The van der Waals surface area contributed by atoms with Crippen molar-refractivity contribution < 1.29 is 9.18 Å². The molecular weight excluding hydrogens is 291 g/mol. The van der Waals surface area contributed by atoms with Gasteiger partial charge in [-0.15, -0.1) is 0 Å². The van der Waals surface area contributed by atoms with Crippen molar-refractivity contribution in [1.29, 1.82) is 0 Å². The molecule has 0 aromatic heterocycles. The van der Waals surface area contributed by atoms with Crippen molar-refractivity contribution in [3.63, 3.8) is 0 Å². The van der Waals surface area contributed by atoms with E-state index in [4.69, 9.17) is 0 Å². The number of halogens is 1. The maximum Gasteiger partial charge on any atom is 0.254 e. The Hall–Kier alpha value is -2.20. The predicted octanol–water partition coefficient (Wildman–Crippen LogP) is 3.00. The lowest BCUT2D eigenvalue weighted by Gasteiger charge is -2.33. The number of fused-ring (bicyclic) bond motifs is 1. The molecule has 0 spiro atoms. The SMILES string of the molecule is CC(CNC(=O)c1ccccc1F)N1CCc2ccccc2C1. The first-order valence-electron chi connectivity index (χ1n) is 7.98. The van der Waals surface area contributed by atoms with Gasteiger partial charge in [-0.2, -0.15) is 0 Å². The number of amides is 1. The van der Waals surface area contributed by atoms with Crippen LogP contribution in [0.4, 0.5) is 4.39 Å². The third-order valence-electron chi connectivity index (χ3n) is 4.46. The first-order chi connectivity index (χ1) is 11.1. The van der Waals surface area contributed by atoms with E-state index >= 15 is 0 Å². The molecule has 4 heteroatoms. The van der Waals surface area contributed by atoms with Crippen molar-refractivity contribution in [3.05, 3.63) is 71.0 Å². The summed E-state index contributed by atoms with van der Waals surface area (Å²) in [6.07, 6.45) is 1.03. The van der Waals surface area contributed by atoms with Crippen LogP contribution in [-0.2, 0) is 13.0 Å². The van der Waals surface area contributed by atoms with Crippen LogP contribution in [0.1, 0.15) is 28.4 Å². The van der Waals surface area contributed by atoms with Crippen molar-refractivity contribution in [2.45, 2.75) is 25.9 Å². The van der Waals surface area contributed by atoms with Gasteiger partial charge in [0.25, 0.3) is 5.91 Å². The highest BCUT2D eigenvalue weighted by Crippen LogP contribution is 2.20. The zero-order valence-electron chi connectivity index (χ0n) is 13.3. The molecule has 2 aromatic rings. The Kier molecular flexibility index (Phi) is 4.72. The summed E-state index contributed by atoms with van der Waals surface area (Å²) in [6, 6.07) is 14.7. The van der Waals surface area contributed by atoms with Gasteiger partial charge in [-0.05, 0) is 36.6 Å². The Labute approximate surface area is 136 Å². The molecule has 1 heterocycles. The van der Waals surface area contributed by atoms with Gasteiger partial charge in [0, 0.05) is 25.7 Å². The van der Waals surface area contributed by atoms with E-state index < -0.39 is 5.82 Å². The predicted molar refractivity (Wildman–Crippen MR) is 88.8 cm³/mol. The van der Waals surface area contributed by atoms with Gasteiger partial charge in [0.2, 0.25) is 0 Å². The van der Waals surface area contributed by atoms with E-state index in [1.165, 1.54) is 23.3 Å². The van der Waals surface area contributed by atoms with Gasteiger partial charge in [0.05, 0.1) is 5.56 Å². The second kappa shape index (κ2) is 6.92. The Bertz CT molecular complexity index is 701. The summed E-state index contributed by atoms with van der Waals surface area (Å²) < 4.78 is 13.6. The monoisotopic (exact) mass is 312 g/mol. The average Bonchev–Trinajstić information content (AvgIpc) is 2.59. The maximum absolute atomic E-state index is 13.6. The zero-order valence-corrected chi connectivity index (χ0v) is 13.3. The van der Waals surface area contributed by atoms with Crippen molar-refractivity contribution in [3.8, 4) is 0 Å². The van der Waals surface area contributed by atoms with Crippen LogP contribution in [0.15, 0.2) is 48.5 Å².